The Morgan fingerprint density at radius 2 is 1.74 bits per heavy atom. The molecule has 1 rings (SSSR count). The second kappa shape index (κ2) is 10.5. The number of nitrogens with zero attached hydrogens (tertiary/aromatic N) is 2. The molecular weight excluding hydrogens is 314 g/mol. The van der Waals surface area contributed by atoms with Crippen LogP contribution in [0.5, 0.6) is 0 Å². The van der Waals surface area contributed by atoms with Crippen LogP contribution in [0.2, 0.25) is 0 Å². The molecule has 23 heavy (non-hydrogen) atoms. The summed E-state index contributed by atoms with van der Waals surface area (Å²) in [6.45, 7) is 8.31. The first kappa shape index (κ1) is 19.8. The van der Waals surface area contributed by atoms with Gasteiger partial charge in [0.05, 0.1) is 5.25 Å². The van der Waals surface area contributed by atoms with Crippen LogP contribution in [-0.2, 0) is 14.4 Å². The van der Waals surface area contributed by atoms with E-state index in [1.165, 1.54) is 0 Å². The van der Waals surface area contributed by atoms with Crippen LogP contribution in [0.1, 0.15) is 40.0 Å². The lowest BCUT2D eigenvalue weighted by Crippen LogP contribution is -2.50. The van der Waals surface area contributed by atoms with Crippen molar-refractivity contribution in [3.63, 3.8) is 0 Å². The summed E-state index contributed by atoms with van der Waals surface area (Å²) in [6.07, 6.45) is 2.57. The van der Waals surface area contributed by atoms with Gasteiger partial charge in [-0.3, -0.25) is 14.4 Å². The van der Waals surface area contributed by atoms with Gasteiger partial charge in [0.15, 0.2) is 0 Å². The molecule has 1 aliphatic heterocycles. The minimum absolute atomic E-state index is 0.000280. The highest BCUT2D eigenvalue weighted by Gasteiger charge is 2.22. The van der Waals surface area contributed by atoms with Gasteiger partial charge in [0.2, 0.25) is 17.7 Å². The average Bonchev–Trinajstić information content (AvgIpc) is 2.54. The van der Waals surface area contributed by atoms with Crippen LogP contribution in [0.25, 0.3) is 0 Å². The standard InChI is InChI=1S/C16H29N3O3S/c1-4-5-12-23-13(2)16(22)17-7-6-15(21)19-10-8-18(9-11-19)14(3)20/h13H,4-12H2,1-3H3,(H,17,22)/t13-/m1/s1. The maximum Gasteiger partial charge on any atom is 0.232 e. The van der Waals surface area contributed by atoms with Gasteiger partial charge in [-0.1, -0.05) is 13.3 Å². The molecule has 0 aliphatic carbocycles. The average molecular weight is 343 g/mol. The Morgan fingerprint density at radius 1 is 1.13 bits per heavy atom. The van der Waals surface area contributed by atoms with Crippen molar-refractivity contribution in [1.82, 2.24) is 15.1 Å². The van der Waals surface area contributed by atoms with E-state index in [9.17, 15) is 14.4 Å². The molecule has 6 nitrogen and oxygen atoms in total. The molecule has 0 aromatic rings. The Bertz CT molecular complexity index is 409. The van der Waals surface area contributed by atoms with Gasteiger partial charge in [-0.25, -0.2) is 0 Å². The largest absolute Gasteiger partial charge is 0.355 e. The van der Waals surface area contributed by atoms with Gasteiger partial charge in [0.25, 0.3) is 0 Å². The van der Waals surface area contributed by atoms with E-state index in [0.29, 0.717) is 39.1 Å². The summed E-state index contributed by atoms with van der Waals surface area (Å²) in [7, 11) is 0. The minimum atomic E-state index is -0.0734. The summed E-state index contributed by atoms with van der Waals surface area (Å²) in [5.41, 5.74) is 0. The third-order valence-corrected chi connectivity index (χ3v) is 5.19. The molecule has 1 N–H and O–H groups in total. The van der Waals surface area contributed by atoms with Crippen molar-refractivity contribution in [1.29, 1.82) is 0 Å². The van der Waals surface area contributed by atoms with Crippen LogP contribution < -0.4 is 5.32 Å². The van der Waals surface area contributed by atoms with E-state index in [2.05, 4.69) is 12.2 Å². The van der Waals surface area contributed by atoms with Crippen LogP contribution in [-0.4, -0.2) is 71.2 Å². The number of nitrogens with one attached hydrogen (secondary N) is 1. The van der Waals surface area contributed by atoms with E-state index >= 15 is 0 Å². The first-order valence-electron chi connectivity index (χ1n) is 8.38. The summed E-state index contributed by atoms with van der Waals surface area (Å²) in [5.74, 6) is 1.09. The molecule has 0 bridgehead atoms. The summed E-state index contributed by atoms with van der Waals surface area (Å²) in [4.78, 5) is 38.8. The molecule has 1 saturated heterocycles. The van der Waals surface area contributed by atoms with Crippen LogP contribution in [0.4, 0.5) is 0 Å². The number of piperazine rings is 1. The Balaban J connectivity index is 2.19. The number of unbranched alkanes of at least 4 members (excludes halogenated alkanes) is 1. The van der Waals surface area contributed by atoms with Crippen molar-refractivity contribution in [2.24, 2.45) is 0 Å². The van der Waals surface area contributed by atoms with E-state index in [1.54, 1.807) is 28.5 Å². The van der Waals surface area contributed by atoms with Crippen LogP contribution in [0.3, 0.4) is 0 Å². The number of carbonyl (C=O) groups is 3. The Kier molecular flexibility index (Phi) is 9.06. The zero-order valence-corrected chi connectivity index (χ0v) is 15.3. The lowest BCUT2D eigenvalue weighted by Gasteiger charge is -2.34. The van der Waals surface area contributed by atoms with E-state index < -0.39 is 0 Å². The van der Waals surface area contributed by atoms with Gasteiger partial charge in [0.1, 0.15) is 0 Å². The molecule has 1 fully saturated rings. The fourth-order valence-electron chi connectivity index (χ4n) is 2.35. The van der Waals surface area contributed by atoms with Gasteiger partial charge in [-0.2, -0.15) is 0 Å². The van der Waals surface area contributed by atoms with Crippen molar-refractivity contribution in [3.05, 3.63) is 0 Å². The summed E-state index contributed by atoms with van der Waals surface area (Å²) < 4.78 is 0. The molecule has 0 spiro atoms. The molecule has 0 aromatic carbocycles. The number of thioether (sulfide) groups is 1. The molecule has 1 atom stereocenters. The molecule has 1 heterocycles. The molecular formula is C16H29N3O3S. The Hall–Kier alpha value is -1.24. The van der Waals surface area contributed by atoms with Gasteiger partial charge in [-0.05, 0) is 19.1 Å². The van der Waals surface area contributed by atoms with Crippen molar-refractivity contribution in [2.45, 2.75) is 45.3 Å². The number of amides is 3. The van der Waals surface area contributed by atoms with E-state index in [4.69, 9.17) is 0 Å². The maximum absolute atomic E-state index is 12.1. The summed E-state index contributed by atoms with van der Waals surface area (Å²) in [5, 5.41) is 2.76. The van der Waals surface area contributed by atoms with E-state index in [0.717, 1.165) is 18.6 Å². The van der Waals surface area contributed by atoms with Gasteiger partial charge in [-0.15, -0.1) is 11.8 Å². The highest BCUT2D eigenvalue weighted by atomic mass is 32.2. The van der Waals surface area contributed by atoms with Crippen molar-refractivity contribution in [3.8, 4) is 0 Å². The molecule has 132 valence electrons. The van der Waals surface area contributed by atoms with Gasteiger partial charge >= 0.3 is 0 Å². The lowest BCUT2D eigenvalue weighted by atomic mass is 10.2. The molecule has 1 aliphatic rings. The highest BCUT2D eigenvalue weighted by Crippen LogP contribution is 2.12. The van der Waals surface area contributed by atoms with E-state index in [1.807, 2.05) is 6.92 Å². The molecule has 0 saturated carbocycles. The predicted octanol–water partition coefficient (Wildman–Crippen LogP) is 1.11. The first-order chi connectivity index (χ1) is 11.0. The Morgan fingerprint density at radius 3 is 2.30 bits per heavy atom. The highest BCUT2D eigenvalue weighted by molar-refractivity contribution is 8.00. The smallest absolute Gasteiger partial charge is 0.232 e. The molecule has 0 unspecified atom stereocenters. The second-order valence-electron chi connectivity index (χ2n) is 5.79. The third kappa shape index (κ3) is 7.24. The summed E-state index contributed by atoms with van der Waals surface area (Å²) >= 11 is 1.65. The number of carbonyl (C=O) groups excluding carboxylic acids is 3. The SMILES string of the molecule is CCCCS[C@H](C)C(=O)NCCC(=O)N1CCN(C(C)=O)CC1. The number of hydrogen-bond donors (Lipinski definition) is 1. The van der Waals surface area contributed by atoms with Crippen molar-refractivity contribution in [2.75, 3.05) is 38.5 Å². The van der Waals surface area contributed by atoms with Gasteiger partial charge in [0, 0.05) is 46.1 Å². The predicted molar refractivity (Wildman–Crippen MR) is 93.3 cm³/mol. The second-order valence-corrected chi connectivity index (χ2v) is 7.24. The number of hydrogen-bond acceptors (Lipinski definition) is 4. The van der Waals surface area contributed by atoms with Crippen molar-refractivity contribution < 1.29 is 14.4 Å². The zero-order valence-electron chi connectivity index (χ0n) is 14.5. The minimum Gasteiger partial charge on any atom is -0.355 e. The topological polar surface area (TPSA) is 69.7 Å². The molecule has 7 heteroatoms. The molecule has 0 aromatic heterocycles. The molecule has 0 radical (unpaired) electrons. The fraction of sp³-hybridized carbons (Fsp3) is 0.812. The third-order valence-electron chi connectivity index (χ3n) is 3.95. The zero-order chi connectivity index (χ0) is 17.2. The van der Waals surface area contributed by atoms with Crippen LogP contribution >= 0.6 is 11.8 Å². The lowest BCUT2D eigenvalue weighted by molar-refractivity contribution is -0.138. The monoisotopic (exact) mass is 343 g/mol. The first-order valence-corrected chi connectivity index (χ1v) is 9.43. The normalized spacial score (nSPS) is 16.1. The number of rotatable bonds is 8. The summed E-state index contributed by atoms with van der Waals surface area (Å²) in [6, 6.07) is 0. The van der Waals surface area contributed by atoms with Gasteiger partial charge < -0.3 is 15.1 Å². The van der Waals surface area contributed by atoms with Crippen molar-refractivity contribution >= 4 is 29.5 Å². The molecule has 3 amide bonds. The van der Waals surface area contributed by atoms with Crippen LogP contribution in [0, 0.1) is 0 Å². The maximum atomic E-state index is 12.1. The Labute approximate surface area is 143 Å². The van der Waals surface area contributed by atoms with E-state index in [-0.39, 0.29) is 23.0 Å². The quantitative estimate of drug-likeness (QED) is 0.670. The van der Waals surface area contributed by atoms with Crippen LogP contribution in [0.15, 0.2) is 0 Å². The fourth-order valence-corrected chi connectivity index (χ4v) is 3.39.